The second-order valence-electron chi connectivity index (χ2n) is 5.21. The lowest BCUT2D eigenvalue weighted by molar-refractivity contribution is -0.113. The molecule has 3 aromatic heterocycles. The molecule has 3 aromatic rings. The number of carbonyl (C=O) groups excluding carboxylic acids is 2. The number of methoxy groups -OCH3 is 1. The molecule has 1 amide bonds. The lowest BCUT2D eigenvalue weighted by atomic mass is 10.4. The van der Waals surface area contributed by atoms with Crippen molar-refractivity contribution in [2.24, 2.45) is 0 Å². The van der Waals surface area contributed by atoms with E-state index in [1.54, 1.807) is 13.0 Å². The van der Waals surface area contributed by atoms with Gasteiger partial charge in [-0.1, -0.05) is 23.1 Å². The number of thiophene rings is 1. The van der Waals surface area contributed by atoms with Gasteiger partial charge < -0.3 is 15.0 Å². The number of hydrogen-bond acceptors (Lipinski definition) is 9. The molecule has 11 heteroatoms. The van der Waals surface area contributed by atoms with Crippen LogP contribution in [-0.2, 0) is 9.53 Å². The van der Waals surface area contributed by atoms with Gasteiger partial charge in [0.1, 0.15) is 9.71 Å². The number of fused-ring (bicyclic) bond motifs is 1. The molecule has 0 radical (unpaired) electrons. The summed E-state index contributed by atoms with van der Waals surface area (Å²) in [5.41, 5.74) is 0.273. The molecule has 0 bridgehead atoms. The van der Waals surface area contributed by atoms with E-state index in [9.17, 15) is 14.4 Å². The van der Waals surface area contributed by atoms with Gasteiger partial charge in [0, 0.05) is 4.88 Å². The molecule has 0 atom stereocenters. The zero-order valence-electron chi connectivity index (χ0n) is 14.0. The lowest BCUT2D eigenvalue weighted by Crippen LogP contribution is -2.15. The molecule has 0 spiro atoms. The van der Waals surface area contributed by atoms with E-state index in [4.69, 9.17) is 0 Å². The van der Waals surface area contributed by atoms with Crippen LogP contribution < -0.4 is 10.9 Å². The van der Waals surface area contributed by atoms with E-state index >= 15 is 0 Å². The van der Waals surface area contributed by atoms with E-state index in [0.717, 1.165) is 28.0 Å². The van der Waals surface area contributed by atoms with Crippen LogP contribution in [-0.4, -0.2) is 39.7 Å². The van der Waals surface area contributed by atoms with E-state index in [2.05, 4.69) is 25.0 Å². The molecule has 0 fully saturated rings. The van der Waals surface area contributed by atoms with Gasteiger partial charge >= 0.3 is 5.97 Å². The van der Waals surface area contributed by atoms with Crippen LogP contribution in [0.3, 0.4) is 0 Å². The Balaban J connectivity index is 1.66. The molecule has 0 aliphatic rings. The maximum absolute atomic E-state index is 12.1. The fraction of sp³-hybridized carbons (Fsp3) is 0.267. The fourth-order valence-corrected chi connectivity index (χ4v) is 4.62. The summed E-state index contributed by atoms with van der Waals surface area (Å²) in [5.74, 6) is -0.758. The number of H-pyrrole nitrogens is 1. The second-order valence-corrected chi connectivity index (χ2v) is 8.41. The smallest absolute Gasteiger partial charge is 0.350 e. The Kier molecular flexibility index (Phi) is 5.39. The Morgan fingerprint density at radius 2 is 2.08 bits per heavy atom. The molecule has 0 aliphatic carbocycles. The largest absolute Gasteiger partial charge is 0.465 e. The van der Waals surface area contributed by atoms with Gasteiger partial charge in [0.05, 0.1) is 23.9 Å². The summed E-state index contributed by atoms with van der Waals surface area (Å²) in [6, 6.07) is 1.79. The average molecular weight is 411 g/mol. The van der Waals surface area contributed by atoms with Gasteiger partial charge in [0.15, 0.2) is 10.3 Å². The highest BCUT2D eigenvalue weighted by Gasteiger charge is 2.17. The van der Waals surface area contributed by atoms with Crippen molar-refractivity contribution in [1.82, 2.24) is 15.0 Å². The standard InChI is InChI=1S/C15H14N4O4S3/c1-6-4-8-11(21)18-14(19-12(8)25-6)24-5-9(20)17-15-16-7(2)10(26-15)13(22)23-3/h4H,5H2,1-3H3,(H,16,17,20)(H,18,19,21). The van der Waals surface area contributed by atoms with Crippen molar-refractivity contribution in [2.45, 2.75) is 19.0 Å². The Morgan fingerprint density at radius 3 is 2.81 bits per heavy atom. The highest BCUT2D eigenvalue weighted by Crippen LogP contribution is 2.25. The zero-order valence-corrected chi connectivity index (χ0v) is 16.5. The van der Waals surface area contributed by atoms with Gasteiger partial charge in [-0.05, 0) is 19.9 Å². The minimum atomic E-state index is -0.490. The van der Waals surface area contributed by atoms with Crippen molar-refractivity contribution in [3.8, 4) is 0 Å². The number of aromatic amines is 1. The molecule has 8 nitrogen and oxygen atoms in total. The lowest BCUT2D eigenvalue weighted by Gasteiger charge is -2.01. The summed E-state index contributed by atoms with van der Waals surface area (Å²) < 4.78 is 4.66. The molecule has 136 valence electrons. The van der Waals surface area contributed by atoms with Crippen LogP contribution in [0.2, 0.25) is 0 Å². The zero-order chi connectivity index (χ0) is 18.8. The van der Waals surface area contributed by atoms with E-state index < -0.39 is 5.97 Å². The highest BCUT2D eigenvalue weighted by molar-refractivity contribution is 7.99. The van der Waals surface area contributed by atoms with E-state index in [1.807, 2.05) is 6.92 Å². The van der Waals surface area contributed by atoms with Gasteiger partial charge in [0.25, 0.3) is 5.56 Å². The number of amides is 1. The monoisotopic (exact) mass is 410 g/mol. The first-order valence-electron chi connectivity index (χ1n) is 7.36. The van der Waals surface area contributed by atoms with Crippen LogP contribution in [0, 0.1) is 13.8 Å². The predicted molar refractivity (Wildman–Crippen MR) is 103 cm³/mol. The van der Waals surface area contributed by atoms with Gasteiger partial charge in [-0.25, -0.2) is 14.8 Å². The van der Waals surface area contributed by atoms with Crippen molar-refractivity contribution in [2.75, 3.05) is 18.2 Å². The number of rotatable bonds is 5. The summed E-state index contributed by atoms with van der Waals surface area (Å²) in [6.45, 7) is 3.57. The minimum Gasteiger partial charge on any atom is -0.465 e. The summed E-state index contributed by atoms with van der Waals surface area (Å²) in [5, 5.41) is 3.88. The third-order valence-corrected chi connectivity index (χ3v) is 6.13. The van der Waals surface area contributed by atoms with Crippen molar-refractivity contribution >= 4 is 61.7 Å². The quantitative estimate of drug-likeness (QED) is 0.377. The number of aryl methyl sites for hydroxylation is 2. The SMILES string of the molecule is COC(=O)c1sc(NC(=O)CSc2nc3sc(C)cc3c(=O)[nH]2)nc1C. The molecular formula is C15H14N4O4S3. The molecule has 0 unspecified atom stereocenters. The topological polar surface area (TPSA) is 114 Å². The molecule has 3 rings (SSSR count). The van der Waals surface area contributed by atoms with E-state index in [0.29, 0.717) is 31.1 Å². The molecule has 0 saturated carbocycles. The summed E-state index contributed by atoms with van der Waals surface area (Å²) in [6.07, 6.45) is 0. The molecular weight excluding hydrogens is 396 g/mol. The van der Waals surface area contributed by atoms with Crippen LogP contribution in [0.1, 0.15) is 20.2 Å². The van der Waals surface area contributed by atoms with Crippen molar-refractivity contribution in [3.05, 3.63) is 31.9 Å². The number of carbonyl (C=O) groups is 2. The number of thioether (sulfide) groups is 1. The Hall–Kier alpha value is -2.24. The highest BCUT2D eigenvalue weighted by atomic mass is 32.2. The van der Waals surface area contributed by atoms with Crippen molar-refractivity contribution in [3.63, 3.8) is 0 Å². The molecule has 3 heterocycles. The molecule has 0 aromatic carbocycles. The van der Waals surface area contributed by atoms with Crippen LogP contribution in [0.15, 0.2) is 16.0 Å². The minimum absolute atomic E-state index is 0.0466. The van der Waals surface area contributed by atoms with Crippen LogP contribution in [0.4, 0.5) is 5.13 Å². The maximum Gasteiger partial charge on any atom is 0.350 e. The van der Waals surface area contributed by atoms with Crippen molar-refractivity contribution < 1.29 is 14.3 Å². The first-order chi connectivity index (χ1) is 12.4. The number of anilines is 1. The number of thiazole rings is 1. The van der Waals surface area contributed by atoms with Gasteiger partial charge in [-0.3, -0.25) is 9.59 Å². The van der Waals surface area contributed by atoms with Crippen LogP contribution in [0.5, 0.6) is 0 Å². The Bertz CT molecular complexity index is 1050. The third kappa shape index (κ3) is 3.94. The van der Waals surface area contributed by atoms with E-state index in [-0.39, 0.29) is 17.2 Å². The molecule has 0 aliphatic heterocycles. The molecule has 2 N–H and O–H groups in total. The average Bonchev–Trinajstić information content (AvgIpc) is 3.14. The van der Waals surface area contributed by atoms with Crippen LogP contribution >= 0.6 is 34.4 Å². The Morgan fingerprint density at radius 1 is 1.31 bits per heavy atom. The first kappa shape index (κ1) is 18.5. The first-order valence-corrected chi connectivity index (χ1v) is 9.98. The summed E-state index contributed by atoms with van der Waals surface area (Å²) >= 11 is 3.60. The second kappa shape index (κ2) is 7.56. The predicted octanol–water partition coefficient (Wildman–Crippen LogP) is 2.58. The van der Waals surface area contributed by atoms with Crippen LogP contribution in [0.25, 0.3) is 10.2 Å². The number of nitrogens with zero attached hydrogens (tertiary/aromatic N) is 2. The number of ether oxygens (including phenoxy) is 1. The molecule has 0 saturated heterocycles. The third-order valence-electron chi connectivity index (χ3n) is 3.26. The summed E-state index contributed by atoms with van der Waals surface area (Å²) in [4.78, 5) is 48.9. The number of esters is 1. The summed E-state index contributed by atoms with van der Waals surface area (Å²) in [7, 11) is 1.29. The maximum atomic E-state index is 12.1. The number of hydrogen-bond donors (Lipinski definition) is 2. The van der Waals surface area contributed by atoms with Gasteiger partial charge in [-0.15, -0.1) is 11.3 Å². The van der Waals surface area contributed by atoms with Crippen molar-refractivity contribution in [1.29, 1.82) is 0 Å². The fourth-order valence-electron chi connectivity index (χ4n) is 2.12. The number of aromatic nitrogens is 3. The van der Waals surface area contributed by atoms with Gasteiger partial charge in [-0.2, -0.15) is 0 Å². The molecule has 26 heavy (non-hydrogen) atoms. The van der Waals surface area contributed by atoms with E-state index in [1.165, 1.54) is 18.4 Å². The van der Waals surface area contributed by atoms with Gasteiger partial charge in [0.2, 0.25) is 5.91 Å². The normalized spacial score (nSPS) is 10.9. The number of nitrogens with one attached hydrogen (secondary N) is 2. The Labute approximate surface area is 160 Å².